The highest BCUT2D eigenvalue weighted by Gasteiger charge is 2.15. The molecule has 1 heterocycles. The topological polar surface area (TPSA) is 26.3 Å². The van der Waals surface area contributed by atoms with Gasteiger partial charge in [0.05, 0.1) is 12.4 Å². The van der Waals surface area contributed by atoms with Crippen molar-refractivity contribution in [2.24, 2.45) is 0 Å². The van der Waals surface area contributed by atoms with Crippen LogP contribution in [0.25, 0.3) is 0 Å². The fourth-order valence-corrected chi connectivity index (χ4v) is 2.94. The van der Waals surface area contributed by atoms with Crippen LogP contribution in [0.2, 0.25) is 0 Å². The Morgan fingerprint density at radius 3 is 3.07 bits per heavy atom. The molecule has 0 bridgehead atoms. The Morgan fingerprint density at radius 1 is 1.50 bits per heavy atom. The lowest BCUT2D eigenvalue weighted by Crippen LogP contribution is -2.11. The minimum Gasteiger partial charge on any atom is -0.492 e. The highest BCUT2D eigenvalue weighted by atomic mass is 32.2. The average Bonchev–Trinajstić information content (AvgIpc) is 2.21. The third-order valence-electron chi connectivity index (χ3n) is 2.35. The number of benzene rings is 1. The van der Waals surface area contributed by atoms with Crippen molar-refractivity contribution >= 4 is 15.4 Å². The van der Waals surface area contributed by atoms with E-state index >= 15 is 0 Å². The summed E-state index contributed by atoms with van der Waals surface area (Å²) in [6, 6.07) is 5.99. The number of hydrogen-bond acceptors (Lipinski definition) is 2. The van der Waals surface area contributed by atoms with E-state index in [1.54, 1.807) is 0 Å². The van der Waals surface area contributed by atoms with Crippen molar-refractivity contribution in [2.75, 3.05) is 12.4 Å². The van der Waals surface area contributed by atoms with E-state index in [4.69, 9.17) is 4.74 Å². The van der Waals surface area contributed by atoms with E-state index < -0.39 is 9.52 Å². The number of fused-ring (bicyclic) bond motifs is 1. The van der Waals surface area contributed by atoms with Gasteiger partial charge < -0.3 is 4.74 Å². The van der Waals surface area contributed by atoms with Gasteiger partial charge in [-0.15, -0.1) is 0 Å². The van der Waals surface area contributed by atoms with Crippen LogP contribution in [0.5, 0.6) is 5.75 Å². The monoisotopic (exact) mass is 210 g/mol. The van der Waals surface area contributed by atoms with Gasteiger partial charge in [-0.25, -0.2) is 0 Å². The van der Waals surface area contributed by atoms with Crippen LogP contribution in [-0.2, 0) is 15.3 Å². The molecular formula is C11H14O2S. The lowest BCUT2D eigenvalue weighted by Gasteiger charge is -2.06. The molecule has 2 nitrogen and oxygen atoms in total. The number of ether oxygens (including phenoxy) is 1. The lowest BCUT2D eigenvalue weighted by atomic mass is 10.1. The number of hydrogen-bond donors (Lipinski definition) is 0. The van der Waals surface area contributed by atoms with E-state index in [0.717, 1.165) is 11.3 Å². The van der Waals surface area contributed by atoms with Crippen LogP contribution < -0.4 is 4.74 Å². The maximum absolute atomic E-state index is 11.9. The summed E-state index contributed by atoms with van der Waals surface area (Å²) in [6.07, 6.45) is 0. The fourth-order valence-electron chi connectivity index (χ4n) is 1.62. The van der Waals surface area contributed by atoms with Crippen molar-refractivity contribution in [2.45, 2.75) is 12.7 Å². The van der Waals surface area contributed by atoms with Crippen LogP contribution >= 0.6 is 0 Å². The first kappa shape index (κ1) is 9.59. The third kappa shape index (κ3) is 1.93. The molecule has 0 saturated heterocycles. The van der Waals surface area contributed by atoms with E-state index in [9.17, 15) is 4.21 Å². The van der Waals surface area contributed by atoms with Crippen LogP contribution in [0.15, 0.2) is 18.2 Å². The van der Waals surface area contributed by atoms with E-state index in [1.807, 2.05) is 25.1 Å². The highest BCUT2D eigenvalue weighted by molar-refractivity contribution is 7.99. The van der Waals surface area contributed by atoms with E-state index in [-0.39, 0.29) is 0 Å². The van der Waals surface area contributed by atoms with Crippen LogP contribution in [-0.4, -0.2) is 22.4 Å². The molecule has 3 heteroatoms. The SMILES string of the molecule is C=S1(=O)CCOc2ccc(C)cc2C1. The first-order valence-corrected chi connectivity index (χ1v) is 6.68. The Morgan fingerprint density at radius 2 is 2.29 bits per heavy atom. The summed E-state index contributed by atoms with van der Waals surface area (Å²) in [4.78, 5) is 0. The Balaban J connectivity index is 2.48. The Hall–Kier alpha value is -0.960. The van der Waals surface area contributed by atoms with Crippen LogP contribution in [0, 0.1) is 6.92 Å². The van der Waals surface area contributed by atoms with E-state index in [1.165, 1.54) is 5.56 Å². The van der Waals surface area contributed by atoms with Crippen molar-refractivity contribution in [3.63, 3.8) is 0 Å². The molecule has 1 unspecified atom stereocenters. The molecule has 0 aliphatic carbocycles. The van der Waals surface area contributed by atoms with Crippen molar-refractivity contribution < 1.29 is 8.95 Å². The van der Waals surface area contributed by atoms with Gasteiger partial charge in [0, 0.05) is 11.3 Å². The normalized spacial score (nSPS) is 26.1. The molecule has 76 valence electrons. The Bertz CT molecular complexity index is 446. The van der Waals surface area contributed by atoms with Gasteiger partial charge in [-0.3, -0.25) is 4.21 Å². The smallest absolute Gasteiger partial charge is 0.123 e. The van der Waals surface area contributed by atoms with Gasteiger partial charge in [0.15, 0.2) is 0 Å². The Labute approximate surface area is 84.9 Å². The number of rotatable bonds is 0. The van der Waals surface area contributed by atoms with Crippen molar-refractivity contribution in [1.82, 2.24) is 0 Å². The maximum atomic E-state index is 11.9. The maximum Gasteiger partial charge on any atom is 0.123 e. The van der Waals surface area contributed by atoms with Gasteiger partial charge in [0.25, 0.3) is 0 Å². The molecule has 0 spiro atoms. The van der Waals surface area contributed by atoms with Crippen molar-refractivity contribution in [3.8, 4) is 5.75 Å². The van der Waals surface area contributed by atoms with E-state index in [0.29, 0.717) is 18.1 Å². The summed E-state index contributed by atoms with van der Waals surface area (Å²) in [6.45, 7) is 2.54. The first-order valence-electron chi connectivity index (χ1n) is 4.62. The molecule has 1 aromatic rings. The van der Waals surface area contributed by atoms with Gasteiger partial charge >= 0.3 is 0 Å². The molecule has 0 fully saturated rings. The molecule has 1 aliphatic heterocycles. The largest absolute Gasteiger partial charge is 0.492 e. The zero-order chi connectivity index (χ0) is 10.2. The predicted molar refractivity (Wildman–Crippen MR) is 60.5 cm³/mol. The molecule has 2 rings (SSSR count). The fraction of sp³-hybridized carbons (Fsp3) is 0.364. The molecular weight excluding hydrogens is 196 g/mol. The van der Waals surface area contributed by atoms with Gasteiger partial charge in [0.2, 0.25) is 0 Å². The average molecular weight is 210 g/mol. The second-order valence-electron chi connectivity index (χ2n) is 3.77. The second kappa shape index (κ2) is 3.31. The summed E-state index contributed by atoms with van der Waals surface area (Å²) in [5.74, 6) is 5.73. The predicted octanol–water partition coefficient (Wildman–Crippen LogP) is 1.60. The lowest BCUT2D eigenvalue weighted by molar-refractivity contribution is 0.343. The summed E-state index contributed by atoms with van der Waals surface area (Å²) in [5.41, 5.74) is 2.20. The van der Waals surface area contributed by atoms with Crippen LogP contribution in [0.3, 0.4) is 0 Å². The van der Waals surface area contributed by atoms with Crippen LogP contribution in [0.1, 0.15) is 11.1 Å². The minimum absolute atomic E-state index is 0.512. The summed E-state index contributed by atoms with van der Waals surface area (Å²) in [7, 11) is -1.97. The van der Waals surface area contributed by atoms with Gasteiger partial charge in [-0.05, 0) is 28.4 Å². The number of aryl methyl sites for hydroxylation is 1. The van der Waals surface area contributed by atoms with Gasteiger partial charge in [0.1, 0.15) is 5.75 Å². The van der Waals surface area contributed by atoms with Crippen molar-refractivity contribution in [1.29, 1.82) is 0 Å². The summed E-state index contributed by atoms with van der Waals surface area (Å²) >= 11 is 0. The molecule has 1 atom stereocenters. The third-order valence-corrected chi connectivity index (χ3v) is 4.10. The van der Waals surface area contributed by atoms with Crippen LogP contribution in [0.4, 0.5) is 0 Å². The molecule has 0 saturated carbocycles. The molecule has 1 aliphatic rings. The quantitative estimate of drug-likeness (QED) is 0.608. The first-order chi connectivity index (χ1) is 6.57. The molecule has 14 heavy (non-hydrogen) atoms. The summed E-state index contributed by atoms with van der Waals surface area (Å²) < 4.78 is 17.4. The molecule has 0 radical (unpaired) electrons. The van der Waals surface area contributed by atoms with Crippen molar-refractivity contribution in [3.05, 3.63) is 29.3 Å². The highest BCUT2D eigenvalue weighted by Crippen LogP contribution is 2.24. The molecule has 1 aromatic carbocycles. The standard InChI is InChI=1S/C11H14O2S/c1-9-3-4-11-10(7-9)8-14(2,12)6-5-13-11/h3-4,7H,2,5-6,8H2,1H3. The van der Waals surface area contributed by atoms with Gasteiger partial charge in [-0.2, -0.15) is 0 Å². The zero-order valence-corrected chi connectivity index (χ0v) is 9.10. The Kier molecular flexibility index (Phi) is 2.27. The van der Waals surface area contributed by atoms with Gasteiger partial charge in [-0.1, -0.05) is 17.7 Å². The summed E-state index contributed by atoms with van der Waals surface area (Å²) in [5, 5.41) is 0. The molecule has 0 aromatic heterocycles. The minimum atomic E-state index is -1.97. The second-order valence-corrected chi connectivity index (χ2v) is 6.40. The van der Waals surface area contributed by atoms with E-state index in [2.05, 4.69) is 5.87 Å². The molecule has 0 N–H and O–H groups in total. The zero-order valence-electron chi connectivity index (χ0n) is 8.29. The molecule has 0 amide bonds.